The van der Waals surface area contributed by atoms with Crippen LogP contribution in [0.5, 0.6) is 0 Å². The van der Waals surface area contributed by atoms with Crippen LogP contribution in [0, 0.1) is 5.95 Å². The predicted molar refractivity (Wildman–Crippen MR) is 41.9 cm³/mol. The van der Waals surface area contributed by atoms with E-state index < -0.39 is 5.95 Å². The summed E-state index contributed by atoms with van der Waals surface area (Å²) < 4.78 is 12.8. The zero-order valence-corrected chi connectivity index (χ0v) is 6.86. The Kier molecular flexibility index (Phi) is 2.84. The van der Waals surface area contributed by atoms with Gasteiger partial charge in [0.15, 0.2) is 0 Å². The van der Waals surface area contributed by atoms with Crippen LogP contribution in [0.1, 0.15) is 5.56 Å². The first-order valence-electron chi connectivity index (χ1n) is 3.07. The maximum Gasteiger partial charge on any atom is 0.219 e. The second-order valence-corrected chi connectivity index (χ2v) is 2.79. The third kappa shape index (κ3) is 1.70. The van der Waals surface area contributed by atoms with Crippen molar-refractivity contribution in [1.29, 1.82) is 0 Å². The molecule has 0 aromatic carbocycles. The van der Waals surface area contributed by atoms with E-state index >= 15 is 0 Å². The van der Waals surface area contributed by atoms with Gasteiger partial charge in [0.1, 0.15) is 0 Å². The van der Waals surface area contributed by atoms with E-state index in [1.807, 2.05) is 6.26 Å². The predicted octanol–water partition coefficient (Wildman–Crippen LogP) is 1.43. The third-order valence-electron chi connectivity index (χ3n) is 1.34. The third-order valence-corrected chi connectivity index (χ3v) is 2.16. The van der Waals surface area contributed by atoms with Gasteiger partial charge in [0.2, 0.25) is 5.95 Å². The molecule has 1 aromatic heterocycles. The number of hydrogen-bond donors (Lipinski definition) is 1. The number of pyridine rings is 1. The standard InChI is InChI=1S/C7H8FNOS/c1-11-6-2-3-9-7(8)5(6)4-10/h2-3,10H,4H2,1H3. The van der Waals surface area contributed by atoms with Crippen molar-refractivity contribution in [3.05, 3.63) is 23.8 Å². The summed E-state index contributed by atoms with van der Waals surface area (Å²) in [6, 6.07) is 1.68. The van der Waals surface area contributed by atoms with Crippen molar-refractivity contribution in [3.63, 3.8) is 0 Å². The van der Waals surface area contributed by atoms with Crippen LogP contribution in [-0.2, 0) is 6.61 Å². The summed E-state index contributed by atoms with van der Waals surface area (Å²) in [5, 5.41) is 8.74. The lowest BCUT2D eigenvalue weighted by atomic mass is 10.3. The van der Waals surface area contributed by atoms with Crippen molar-refractivity contribution in [2.45, 2.75) is 11.5 Å². The molecule has 0 unspecified atom stereocenters. The molecule has 0 fully saturated rings. The number of aliphatic hydroxyl groups is 1. The molecule has 1 rings (SSSR count). The number of aromatic nitrogens is 1. The minimum Gasteiger partial charge on any atom is -0.391 e. The van der Waals surface area contributed by atoms with E-state index in [1.54, 1.807) is 6.07 Å². The highest BCUT2D eigenvalue weighted by Gasteiger charge is 2.06. The van der Waals surface area contributed by atoms with E-state index in [9.17, 15) is 4.39 Å². The van der Waals surface area contributed by atoms with Crippen molar-refractivity contribution in [2.24, 2.45) is 0 Å². The molecule has 60 valence electrons. The lowest BCUT2D eigenvalue weighted by molar-refractivity contribution is 0.270. The lowest BCUT2D eigenvalue weighted by Crippen LogP contribution is -1.95. The minimum atomic E-state index is -0.584. The number of thioether (sulfide) groups is 1. The summed E-state index contributed by atoms with van der Waals surface area (Å²) in [7, 11) is 0. The summed E-state index contributed by atoms with van der Waals surface area (Å²) in [6.45, 7) is -0.296. The summed E-state index contributed by atoms with van der Waals surface area (Å²) in [5.41, 5.74) is 0.278. The first kappa shape index (κ1) is 8.49. The fraction of sp³-hybridized carbons (Fsp3) is 0.286. The van der Waals surface area contributed by atoms with E-state index in [0.29, 0.717) is 0 Å². The van der Waals surface area contributed by atoms with Crippen molar-refractivity contribution in [3.8, 4) is 0 Å². The van der Waals surface area contributed by atoms with Crippen LogP contribution >= 0.6 is 11.8 Å². The summed E-state index contributed by atoms with van der Waals surface area (Å²) in [5.74, 6) is -0.584. The van der Waals surface area contributed by atoms with Gasteiger partial charge in [-0.2, -0.15) is 4.39 Å². The molecule has 0 saturated carbocycles. The van der Waals surface area contributed by atoms with Crippen LogP contribution in [0.15, 0.2) is 17.2 Å². The Morgan fingerprint density at radius 1 is 1.73 bits per heavy atom. The van der Waals surface area contributed by atoms with Crippen molar-refractivity contribution in [1.82, 2.24) is 4.98 Å². The second kappa shape index (κ2) is 3.69. The first-order valence-corrected chi connectivity index (χ1v) is 4.30. The van der Waals surface area contributed by atoms with E-state index in [0.717, 1.165) is 4.90 Å². The highest BCUT2D eigenvalue weighted by molar-refractivity contribution is 7.98. The summed E-state index contributed by atoms with van der Waals surface area (Å²) in [6.07, 6.45) is 3.22. The average Bonchev–Trinajstić information content (AvgIpc) is 2.04. The zero-order valence-electron chi connectivity index (χ0n) is 6.04. The first-order chi connectivity index (χ1) is 5.29. The fourth-order valence-corrected chi connectivity index (χ4v) is 1.38. The van der Waals surface area contributed by atoms with Gasteiger partial charge in [-0.15, -0.1) is 11.8 Å². The molecule has 0 amide bonds. The molecule has 0 radical (unpaired) electrons. The molecule has 1 aromatic rings. The lowest BCUT2D eigenvalue weighted by Gasteiger charge is -2.02. The molecular formula is C7H8FNOS. The molecule has 1 N–H and O–H groups in total. The minimum absolute atomic E-state index is 0.278. The number of aliphatic hydroxyl groups excluding tert-OH is 1. The van der Waals surface area contributed by atoms with Crippen molar-refractivity contribution in [2.75, 3.05) is 6.26 Å². The van der Waals surface area contributed by atoms with Gasteiger partial charge < -0.3 is 5.11 Å². The SMILES string of the molecule is CSc1ccnc(F)c1CO. The number of nitrogens with zero attached hydrogens (tertiary/aromatic N) is 1. The largest absolute Gasteiger partial charge is 0.391 e. The molecule has 1 heterocycles. The Morgan fingerprint density at radius 3 is 2.91 bits per heavy atom. The van der Waals surface area contributed by atoms with Crippen LogP contribution < -0.4 is 0 Å². The molecule has 0 aliphatic carbocycles. The van der Waals surface area contributed by atoms with E-state index in [2.05, 4.69) is 4.98 Å². The molecular weight excluding hydrogens is 165 g/mol. The van der Waals surface area contributed by atoms with Crippen molar-refractivity contribution < 1.29 is 9.50 Å². The number of rotatable bonds is 2. The van der Waals surface area contributed by atoms with Crippen LogP contribution in [0.25, 0.3) is 0 Å². The van der Waals surface area contributed by atoms with E-state index in [-0.39, 0.29) is 12.2 Å². The number of hydrogen-bond acceptors (Lipinski definition) is 3. The average molecular weight is 173 g/mol. The smallest absolute Gasteiger partial charge is 0.219 e. The van der Waals surface area contributed by atoms with Gasteiger partial charge in [-0.05, 0) is 12.3 Å². The Bertz CT molecular complexity index is 254. The fourth-order valence-electron chi connectivity index (χ4n) is 0.785. The van der Waals surface area contributed by atoms with Gasteiger partial charge >= 0.3 is 0 Å². The molecule has 11 heavy (non-hydrogen) atoms. The topological polar surface area (TPSA) is 33.1 Å². The molecule has 0 bridgehead atoms. The molecule has 4 heteroatoms. The van der Waals surface area contributed by atoms with E-state index in [1.165, 1.54) is 18.0 Å². The molecule has 2 nitrogen and oxygen atoms in total. The molecule has 0 atom stereocenters. The summed E-state index contributed by atoms with van der Waals surface area (Å²) in [4.78, 5) is 4.15. The van der Waals surface area contributed by atoms with Crippen LogP contribution in [0.4, 0.5) is 4.39 Å². The quantitative estimate of drug-likeness (QED) is 0.542. The maximum atomic E-state index is 12.8. The number of halogens is 1. The van der Waals surface area contributed by atoms with Gasteiger partial charge in [0.25, 0.3) is 0 Å². The van der Waals surface area contributed by atoms with Gasteiger partial charge in [-0.1, -0.05) is 0 Å². The Morgan fingerprint density at radius 2 is 2.45 bits per heavy atom. The molecule has 0 aliphatic rings. The second-order valence-electron chi connectivity index (χ2n) is 1.94. The highest BCUT2D eigenvalue weighted by Crippen LogP contribution is 2.20. The van der Waals surface area contributed by atoms with Crippen LogP contribution in [0.2, 0.25) is 0 Å². The van der Waals surface area contributed by atoms with Crippen molar-refractivity contribution >= 4 is 11.8 Å². The Hall–Kier alpha value is -0.610. The van der Waals surface area contributed by atoms with Gasteiger partial charge in [0.05, 0.1) is 6.61 Å². The van der Waals surface area contributed by atoms with Gasteiger partial charge in [-0.25, -0.2) is 4.98 Å². The van der Waals surface area contributed by atoms with E-state index in [4.69, 9.17) is 5.11 Å². The normalized spacial score (nSPS) is 10.1. The molecule has 0 saturated heterocycles. The highest BCUT2D eigenvalue weighted by atomic mass is 32.2. The van der Waals surface area contributed by atoms with Crippen LogP contribution in [-0.4, -0.2) is 16.3 Å². The monoisotopic (exact) mass is 173 g/mol. The molecule has 0 aliphatic heterocycles. The maximum absolute atomic E-state index is 12.8. The van der Waals surface area contributed by atoms with Crippen LogP contribution in [0.3, 0.4) is 0 Å². The Labute approximate surface area is 68.5 Å². The van der Waals surface area contributed by atoms with Gasteiger partial charge in [0, 0.05) is 16.7 Å². The molecule has 0 spiro atoms. The Balaban J connectivity index is 3.13. The zero-order chi connectivity index (χ0) is 8.27. The van der Waals surface area contributed by atoms with Gasteiger partial charge in [-0.3, -0.25) is 0 Å². The summed E-state index contributed by atoms with van der Waals surface area (Å²) >= 11 is 1.39.